The van der Waals surface area contributed by atoms with Crippen molar-refractivity contribution in [3.8, 4) is 5.75 Å². The second-order valence-electron chi connectivity index (χ2n) is 6.25. The van der Waals surface area contributed by atoms with E-state index >= 15 is 0 Å². The number of rotatable bonds is 7. The van der Waals surface area contributed by atoms with Crippen LogP contribution >= 0.6 is 0 Å². The van der Waals surface area contributed by atoms with Crippen molar-refractivity contribution in [1.29, 1.82) is 0 Å². The van der Waals surface area contributed by atoms with E-state index in [4.69, 9.17) is 4.74 Å². The molecule has 1 atom stereocenters. The van der Waals surface area contributed by atoms with E-state index in [2.05, 4.69) is 5.32 Å². The predicted octanol–water partition coefficient (Wildman–Crippen LogP) is 1.22. The number of carbonyl (C=O) groups is 1. The van der Waals surface area contributed by atoms with Crippen LogP contribution < -0.4 is 10.1 Å². The van der Waals surface area contributed by atoms with Gasteiger partial charge in [0.25, 0.3) is 10.2 Å². The van der Waals surface area contributed by atoms with Gasteiger partial charge in [-0.05, 0) is 25.8 Å². The lowest BCUT2D eigenvalue weighted by Gasteiger charge is -2.32. The van der Waals surface area contributed by atoms with E-state index in [1.54, 1.807) is 0 Å². The standard InChI is InChI=1S/C17H27N3O4S/c1-4-24-16-10-6-5-8-14(16)12-18-17(21)15-9-7-11-20(13-15)25(22,23)19(2)3/h5-6,8,10,15H,4,7,9,11-13H2,1-3H3,(H,18,21). The molecule has 1 fully saturated rings. The number of nitrogens with zero attached hydrogens (tertiary/aromatic N) is 2. The molecule has 0 spiro atoms. The highest BCUT2D eigenvalue weighted by Crippen LogP contribution is 2.21. The first-order valence-electron chi connectivity index (χ1n) is 8.52. The third-order valence-corrected chi connectivity index (χ3v) is 6.18. The van der Waals surface area contributed by atoms with Gasteiger partial charge in [-0.25, -0.2) is 0 Å². The summed E-state index contributed by atoms with van der Waals surface area (Å²) in [5.74, 6) is 0.304. The summed E-state index contributed by atoms with van der Waals surface area (Å²) in [7, 11) is -0.474. The van der Waals surface area contributed by atoms with Crippen LogP contribution in [0.5, 0.6) is 5.75 Å². The predicted molar refractivity (Wildman–Crippen MR) is 96.4 cm³/mol. The zero-order valence-electron chi connectivity index (χ0n) is 15.1. The van der Waals surface area contributed by atoms with Crippen molar-refractivity contribution in [3.63, 3.8) is 0 Å². The Hall–Kier alpha value is -1.64. The highest BCUT2D eigenvalue weighted by molar-refractivity contribution is 7.86. The molecule has 1 aromatic carbocycles. The van der Waals surface area contributed by atoms with E-state index in [0.29, 0.717) is 32.5 Å². The Balaban J connectivity index is 1.97. The Kier molecular flexibility index (Phi) is 6.80. The van der Waals surface area contributed by atoms with E-state index < -0.39 is 10.2 Å². The summed E-state index contributed by atoms with van der Waals surface area (Å²) >= 11 is 0. The molecule has 8 heteroatoms. The van der Waals surface area contributed by atoms with Crippen LogP contribution in [-0.2, 0) is 21.5 Å². The Morgan fingerprint density at radius 3 is 2.76 bits per heavy atom. The van der Waals surface area contributed by atoms with Gasteiger partial charge in [0.05, 0.1) is 12.5 Å². The molecule has 140 valence electrons. The topological polar surface area (TPSA) is 79.0 Å². The van der Waals surface area contributed by atoms with Gasteiger partial charge in [0.1, 0.15) is 5.75 Å². The Morgan fingerprint density at radius 1 is 1.36 bits per heavy atom. The Bertz CT molecular complexity index is 691. The van der Waals surface area contributed by atoms with Gasteiger partial charge >= 0.3 is 0 Å². The van der Waals surface area contributed by atoms with Gasteiger partial charge in [-0.15, -0.1) is 0 Å². The fourth-order valence-electron chi connectivity index (χ4n) is 2.87. The van der Waals surface area contributed by atoms with Gasteiger partial charge in [0.2, 0.25) is 5.91 Å². The highest BCUT2D eigenvalue weighted by Gasteiger charge is 2.33. The molecule has 1 aliphatic rings. The van der Waals surface area contributed by atoms with Gasteiger partial charge in [-0.3, -0.25) is 4.79 Å². The summed E-state index contributed by atoms with van der Waals surface area (Å²) in [5.41, 5.74) is 0.909. The SMILES string of the molecule is CCOc1ccccc1CNC(=O)C1CCCN(S(=O)(=O)N(C)C)C1. The van der Waals surface area contributed by atoms with Crippen molar-refractivity contribution in [1.82, 2.24) is 13.9 Å². The minimum atomic E-state index is -3.48. The van der Waals surface area contributed by atoms with Crippen molar-refractivity contribution in [3.05, 3.63) is 29.8 Å². The van der Waals surface area contributed by atoms with Crippen LogP contribution in [0, 0.1) is 5.92 Å². The molecule has 0 radical (unpaired) electrons. The molecule has 0 aliphatic carbocycles. The molecule has 1 N–H and O–H groups in total. The van der Waals surface area contributed by atoms with Crippen molar-refractivity contribution in [2.45, 2.75) is 26.3 Å². The van der Waals surface area contributed by atoms with Crippen LogP contribution in [-0.4, -0.2) is 56.7 Å². The molecule has 1 heterocycles. The Labute approximate surface area is 150 Å². The maximum atomic E-state index is 12.5. The Morgan fingerprint density at radius 2 is 2.08 bits per heavy atom. The quantitative estimate of drug-likeness (QED) is 0.784. The summed E-state index contributed by atoms with van der Waals surface area (Å²) in [4.78, 5) is 12.5. The number of carbonyl (C=O) groups excluding carboxylic acids is 1. The zero-order valence-corrected chi connectivity index (χ0v) is 15.9. The van der Waals surface area contributed by atoms with Crippen molar-refractivity contribution >= 4 is 16.1 Å². The number of hydrogen-bond acceptors (Lipinski definition) is 4. The van der Waals surface area contributed by atoms with E-state index in [1.165, 1.54) is 22.7 Å². The molecule has 7 nitrogen and oxygen atoms in total. The second-order valence-corrected chi connectivity index (χ2v) is 8.39. The summed E-state index contributed by atoms with van der Waals surface area (Å²) in [6.07, 6.45) is 1.37. The lowest BCUT2D eigenvalue weighted by Crippen LogP contribution is -2.48. The van der Waals surface area contributed by atoms with Crippen LogP contribution in [0.15, 0.2) is 24.3 Å². The van der Waals surface area contributed by atoms with Crippen molar-refractivity contribution < 1.29 is 17.9 Å². The van der Waals surface area contributed by atoms with Crippen LogP contribution in [0.4, 0.5) is 0 Å². The number of nitrogens with one attached hydrogen (secondary N) is 1. The number of para-hydroxylation sites is 1. The molecular formula is C17H27N3O4S. The van der Waals surface area contributed by atoms with E-state index in [1.807, 2.05) is 31.2 Å². The van der Waals surface area contributed by atoms with Gasteiger partial charge in [0, 0.05) is 39.3 Å². The van der Waals surface area contributed by atoms with Crippen molar-refractivity contribution in [2.24, 2.45) is 5.92 Å². The molecule has 1 aromatic rings. The highest BCUT2D eigenvalue weighted by atomic mass is 32.2. The van der Waals surface area contributed by atoms with E-state index in [0.717, 1.165) is 11.3 Å². The van der Waals surface area contributed by atoms with E-state index in [-0.39, 0.29) is 18.4 Å². The molecule has 2 rings (SSSR count). The molecule has 1 unspecified atom stereocenters. The number of ether oxygens (including phenoxy) is 1. The van der Waals surface area contributed by atoms with E-state index in [9.17, 15) is 13.2 Å². The number of piperidine rings is 1. The second kappa shape index (κ2) is 8.64. The molecular weight excluding hydrogens is 342 g/mol. The van der Waals surface area contributed by atoms with Crippen LogP contribution in [0.3, 0.4) is 0 Å². The molecule has 1 saturated heterocycles. The maximum Gasteiger partial charge on any atom is 0.281 e. The normalized spacial score (nSPS) is 19.0. The summed E-state index contributed by atoms with van der Waals surface area (Å²) < 4.78 is 32.6. The van der Waals surface area contributed by atoms with Gasteiger partial charge in [-0.1, -0.05) is 18.2 Å². The monoisotopic (exact) mass is 369 g/mol. The van der Waals surface area contributed by atoms with Gasteiger partial charge in [0.15, 0.2) is 0 Å². The average Bonchev–Trinajstić information content (AvgIpc) is 2.61. The van der Waals surface area contributed by atoms with Gasteiger partial charge in [-0.2, -0.15) is 17.0 Å². The van der Waals surface area contributed by atoms with Crippen LogP contribution in [0.1, 0.15) is 25.3 Å². The number of benzene rings is 1. The lowest BCUT2D eigenvalue weighted by molar-refractivity contribution is -0.126. The number of amides is 1. The third kappa shape index (κ3) is 4.93. The minimum Gasteiger partial charge on any atom is -0.494 e. The molecule has 25 heavy (non-hydrogen) atoms. The molecule has 0 bridgehead atoms. The van der Waals surface area contributed by atoms with Gasteiger partial charge < -0.3 is 10.1 Å². The summed E-state index contributed by atoms with van der Waals surface area (Å²) in [5, 5.41) is 2.91. The van der Waals surface area contributed by atoms with Crippen LogP contribution in [0.2, 0.25) is 0 Å². The molecule has 0 saturated carbocycles. The van der Waals surface area contributed by atoms with Crippen molar-refractivity contribution in [2.75, 3.05) is 33.8 Å². The summed E-state index contributed by atoms with van der Waals surface area (Å²) in [6.45, 7) is 3.52. The first-order valence-corrected chi connectivity index (χ1v) is 9.92. The fourth-order valence-corrected chi connectivity index (χ4v) is 4.06. The van der Waals surface area contributed by atoms with Crippen LogP contribution in [0.25, 0.3) is 0 Å². The lowest BCUT2D eigenvalue weighted by atomic mass is 9.98. The largest absolute Gasteiger partial charge is 0.494 e. The molecule has 1 amide bonds. The smallest absolute Gasteiger partial charge is 0.281 e. The number of hydrogen-bond donors (Lipinski definition) is 1. The minimum absolute atomic E-state index is 0.120. The fraction of sp³-hybridized carbons (Fsp3) is 0.588. The first kappa shape index (κ1) is 19.7. The maximum absolute atomic E-state index is 12.5. The zero-order chi connectivity index (χ0) is 18.4. The summed E-state index contributed by atoms with van der Waals surface area (Å²) in [6, 6.07) is 7.57. The average molecular weight is 369 g/mol. The molecule has 1 aliphatic heterocycles. The third-order valence-electron chi connectivity index (χ3n) is 4.27. The first-order chi connectivity index (χ1) is 11.9. The molecule has 0 aromatic heterocycles.